The van der Waals surface area contributed by atoms with Crippen molar-refractivity contribution in [3.8, 4) is 0 Å². The second kappa shape index (κ2) is 11.8. The number of thiol groups is 1. The van der Waals surface area contributed by atoms with Crippen molar-refractivity contribution in [2.24, 2.45) is 5.92 Å². The van der Waals surface area contributed by atoms with E-state index in [0.29, 0.717) is 53.7 Å². The lowest BCUT2D eigenvalue weighted by molar-refractivity contribution is -0.131. The Morgan fingerprint density at radius 3 is 2.46 bits per heavy atom. The highest BCUT2D eigenvalue weighted by Crippen LogP contribution is 2.33. The van der Waals surface area contributed by atoms with Gasteiger partial charge in [0.2, 0.25) is 5.91 Å². The molecule has 0 radical (unpaired) electrons. The fourth-order valence-electron chi connectivity index (χ4n) is 5.31. The van der Waals surface area contributed by atoms with Crippen LogP contribution in [0.15, 0.2) is 47.5 Å². The van der Waals surface area contributed by atoms with Crippen molar-refractivity contribution in [3.63, 3.8) is 0 Å². The molecule has 0 bridgehead atoms. The molecule has 1 aliphatic heterocycles. The van der Waals surface area contributed by atoms with E-state index in [1.54, 1.807) is 25.2 Å². The van der Waals surface area contributed by atoms with E-state index in [2.05, 4.69) is 14.8 Å². The van der Waals surface area contributed by atoms with E-state index in [0.717, 1.165) is 30.5 Å². The molecular weight excluding hydrogens is 561 g/mol. The van der Waals surface area contributed by atoms with Gasteiger partial charge in [-0.2, -0.15) is 0 Å². The Hall–Kier alpha value is -2.66. The normalized spacial score (nSPS) is 17.4. The Kier molecular flexibility index (Phi) is 8.46. The number of amides is 1. The first-order chi connectivity index (χ1) is 18.7. The van der Waals surface area contributed by atoms with Crippen molar-refractivity contribution in [1.82, 2.24) is 19.4 Å². The number of nitrogens with zero attached hydrogens (tertiary/aromatic N) is 5. The molecule has 1 aliphatic carbocycles. The summed E-state index contributed by atoms with van der Waals surface area (Å²) in [6, 6.07) is 10.8. The van der Waals surface area contributed by atoms with Gasteiger partial charge in [0, 0.05) is 45.5 Å². The first-order valence-electron chi connectivity index (χ1n) is 13.0. The third-order valence-electron chi connectivity index (χ3n) is 7.78. The molecule has 1 saturated carbocycles. The summed E-state index contributed by atoms with van der Waals surface area (Å²) in [4.78, 5) is 36.4. The topological polar surface area (TPSA) is 95.8 Å². The van der Waals surface area contributed by atoms with Gasteiger partial charge in [0.25, 0.3) is 5.56 Å². The van der Waals surface area contributed by atoms with Crippen molar-refractivity contribution in [2.75, 3.05) is 38.1 Å². The van der Waals surface area contributed by atoms with E-state index in [9.17, 15) is 18.0 Å². The minimum Gasteiger partial charge on any atom is -0.369 e. The smallest absolute Gasteiger partial charge is 0.261 e. The third-order valence-corrected chi connectivity index (χ3v) is 9.70. The van der Waals surface area contributed by atoms with Gasteiger partial charge >= 0.3 is 0 Å². The fourth-order valence-corrected chi connectivity index (χ4v) is 6.77. The number of carbonyl (C=O) groups excluding carboxylic acids is 1. The van der Waals surface area contributed by atoms with Crippen LogP contribution < -0.4 is 10.5 Å². The average Bonchev–Trinajstić information content (AvgIpc) is 2.89. The highest BCUT2D eigenvalue weighted by Gasteiger charge is 2.35. The summed E-state index contributed by atoms with van der Waals surface area (Å²) in [5.74, 6) is 0.00272. The first kappa shape index (κ1) is 27.9. The number of hydrogen-bond donors (Lipinski definition) is 1. The Balaban J connectivity index is 1.27. The number of likely N-dealkylation sites (N-methyl/N-ethyl adjacent to an activating group) is 1. The largest absolute Gasteiger partial charge is 0.369 e. The van der Waals surface area contributed by atoms with Crippen molar-refractivity contribution in [1.29, 1.82) is 0 Å². The Morgan fingerprint density at radius 2 is 1.82 bits per heavy atom. The van der Waals surface area contributed by atoms with Gasteiger partial charge in [0.15, 0.2) is 10.7 Å². The van der Waals surface area contributed by atoms with E-state index >= 15 is 0 Å². The molecule has 1 amide bonds. The van der Waals surface area contributed by atoms with Crippen molar-refractivity contribution in [2.45, 2.75) is 37.7 Å². The van der Waals surface area contributed by atoms with Gasteiger partial charge in [-0.15, -0.1) is 0 Å². The zero-order valence-electron chi connectivity index (χ0n) is 21.6. The minimum atomic E-state index is -2.50. The van der Waals surface area contributed by atoms with Gasteiger partial charge in [-0.05, 0) is 54.7 Å². The second-order valence-electron chi connectivity index (χ2n) is 10.3. The predicted octanol–water partition coefficient (Wildman–Crippen LogP) is 3.22. The molecule has 2 fully saturated rings. The molecular formula is C27H31Cl2N5O4S. The average molecular weight is 593 g/mol. The standard InChI is InChI=1S/C27H31Cl2N5O4S/c1-31(15-18-5-7-22(28)23(29)13-18)25(35)16-34-17-30-24-8-6-20(14-21(24)26(34)36)32-9-11-33(12-10-32)27(39(37)38)19-3-2-4-19/h5-8,13-14,17,19,27,39H,2-4,9-12,15-16H2,1H3. The Morgan fingerprint density at radius 1 is 1.08 bits per heavy atom. The maximum Gasteiger partial charge on any atom is 0.261 e. The number of fused-ring (bicyclic) bond motifs is 1. The maximum atomic E-state index is 13.3. The molecule has 1 saturated heterocycles. The van der Waals surface area contributed by atoms with E-state index < -0.39 is 10.7 Å². The number of halogens is 2. The molecule has 3 aromatic rings. The first-order valence-corrected chi connectivity index (χ1v) is 15.0. The molecule has 0 spiro atoms. The van der Waals surface area contributed by atoms with Crippen molar-refractivity contribution < 1.29 is 13.2 Å². The SMILES string of the molecule is CN(Cc1ccc(Cl)c(Cl)c1)C(=O)Cn1cnc2ccc(N3CCN(C(C4CCC4)[SH](=O)=O)CC3)cc2c1=O. The van der Waals surface area contributed by atoms with E-state index in [1.807, 2.05) is 18.2 Å². The van der Waals surface area contributed by atoms with Crippen LogP contribution in [-0.2, 0) is 28.6 Å². The number of benzene rings is 2. The third kappa shape index (κ3) is 6.09. The summed E-state index contributed by atoms with van der Waals surface area (Å²) in [6.45, 7) is 2.83. The van der Waals surface area contributed by atoms with Crippen LogP contribution >= 0.6 is 23.2 Å². The summed E-state index contributed by atoms with van der Waals surface area (Å²) in [5.41, 5.74) is 1.98. The highest BCUT2D eigenvalue weighted by molar-refractivity contribution is 7.73. The molecule has 12 heteroatoms. The molecule has 39 heavy (non-hydrogen) atoms. The van der Waals surface area contributed by atoms with Crippen LogP contribution in [0.3, 0.4) is 0 Å². The van der Waals surface area contributed by atoms with Crippen molar-refractivity contribution in [3.05, 3.63) is 68.7 Å². The molecule has 1 unspecified atom stereocenters. The molecule has 2 aromatic carbocycles. The number of hydrogen-bond acceptors (Lipinski definition) is 7. The lowest BCUT2D eigenvalue weighted by Gasteiger charge is -2.42. The van der Waals surface area contributed by atoms with Crippen LogP contribution in [0.2, 0.25) is 10.0 Å². The lowest BCUT2D eigenvalue weighted by Crippen LogP contribution is -2.53. The number of carbonyl (C=O) groups is 1. The number of aromatic nitrogens is 2. The van der Waals surface area contributed by atoms with Gasteiger partial charge < -0.3 is 9.80 Å². The Bertz CT molecular complexity index is 1510. The molecule has 9 nitrogen and oxygen atoms in total. The fraction of sp³-hybridized carbons (Fsp3) is 0.444. The predicted molar refractivity (Wildman–Crippen MR) is 154 cm³/mol. The zero-order valence-corrected chi connectivity index (χ0v) is 24.0. The quantitative estimate of drug-likeness (QED) is 0.402. The van der Waals surface area contributed by atoms with Gasteiger partial charge in [0.1, 0.15) is 11.9 Å². The molecule has 2 heterocycles. The lowest BCUT2D eigenvalue weighted by atomic mass is 9.84. The van der Waals surface area contributed by atoms with Gasteiger partial charge in [-0.1, -0.05) is 35.7 Å². The summed E-state index contributed by atoms with van der Waals surface area (Å²) in [6.07, 6.45) is 4.46. The number of rotatable bonds is 8. The maximum absolute atomic E-state index is 13.3. The highest BCUT2D eigenvalue weighted by atomic mass is 35.5. The second-order valence-corrected chi connectivity index (χ2v) is 12.2. The summed E-state index contributed by atoms with van der Waals surface area (Å²) in [7, 11) is -0.830. The molecule has 2 aliphatic rings. The van der Waals surface area contributed by atoms with Crippen LogP contribution in [-0.4, -0.2) is 72.3 Å². The molecule has 1 atom stereocenters. The molecule has 5 rings (SSSR count). The Labute approximate surface area is 238 Å². The molecule has 1 aromatic heterocycles. The van der Waals surface area contributed by atoms with Crippen LogP contribution in [0.4, 0.5) is 5.69 Å². The minimum absolute atomic E-state index is 0.140. The van der Waals surface area contributed by atoms with Gasteiger partial charge in [0.05, 0.1) is 27.3 Å². The van der Waals surface area contributed by atoms with E-state index in [4.69, 9.17) is 23.2 Å². The van der Waals surface area contributed by atoms with E-state index in [1.165, 1.54) is 15.8 Å². The molecule has 208 valence electrons. The monoisotopic (exact) mass is 591 g/mol. The van der Waals surface area contributed by atoms with E-state index in [-0.39, 0.29) is 29.3 Å². The van der Waals surface area contributed by atoms with Crippen LogP contribution in [0, 0.1) is 5.92 Å². The molecule has 0 N–H and O–H groups in total. The summed E-state index contributed by atoms with van der Waals surface area (Å²) in [5, 5.41) is 0.923. The van der Waals surface area contributed by atoms with Gasteiger partial charge in [-0.3, -0.25) is 19.1 Å². The zero-order chi connectivity index (χ0) is 27.7. The van der Waals surface area contributed by atoms with Crippen molar-refractivity contribution >= 4 is 56.4 Å². The van der Waals surface area contributed by atoms with Crippen LogP contribution in [0.25, 0.3) is 10.9 Å². The summed E-state index contributed by atoms with van der Waals surface area (Å²) >= 11 is 12.1. The summed E-state index contributed by atoms with van der Waals surface area (Å²) < 4.78 is 25.2. The van der Waals surface area contributed by atoms with Crippen LogP contribution in [0.5, 0.6) is 0 Å². The van der Waals surface area contributed by atoms with Gasteiger partial charge in [-0.25, -0.2) is 13.4 Å². The number of anilines is 1. The van der Waals surface area contributed by atoms with Crippen LogP contribution in [0.1, 0.15) is 24.8 Å². The number of piperazine rings is 1.